The van der Waals surface area contributed by atoms with Gasteiger partial charge >= 0.3 is 0 Å². The predicted molar refractivity (Wildman–Crippen MR) is 63.9 cm³/mol. The normalized spacial score (nSPS) is 10.4. The standard InChI is InChI=1S/C11H17N3O3/c1-12-10-8(5-4-6-13-10)11(15)14-7-9(16-2)17-3/h4-6,9H,7H2,1-3H3,(H,12,13)(H,14,15). The van der Waals surface area contributed by atoms with Crippen LogP contribution in [0.25, 0.3) is 0 Å². The first kappa shape index (κ1) is 13.4. The van der Waals surface area contributed by atoms with Gasteiger partial charge in [-0.3, -0.25) is 4.79 Å². The van der Waals surface area contributed by atoms with Crippen molar-refractivity contribution >= 4 is 11.7 Å². The Balaban J connectivity index is 2.63. The topological polar surface area (TPSA) is 72.5 Å². The van der Waals surface area contributed by atoms with Gasteiger partial charge in [0.05, 0.1) is 12.1 Å². The van der Waals surface area contributed by atoms with Crippen LogP contribution in [-0.2, 0) is 9.47 Å². The molecule has 2 N–H and O–H groups in total. The minimum Gasteiger partial charge on any atom is -0.372 e. The molecule has 94 valence electrons. The van der Waals surface area contributed by atoms with Crippen LogP contribution in [0.2, 0.25) is 0 Å². The van der Waals surface area contributed by atoms with Crippen LogP contribution in [0.1, 0.15) is 10.4 Å². The minimum absolute atomic E-state index is 0.221. The number of hydrogen-bond acceptors (Lipinski definition) is 5. The molecule has 1 amide bonds. The number of hydrogen-bond donors (Lipinski definition) is 2. The fourth-order valence-electron chi connectivity index (χ4n) is 1.32. The number of carbonyl (C=O) groups excluding carboxylic acids is 1. The molecule has 0 fully saturated rings. The Labute approximate surface area is 100 Å². The molecule has 0 radical (unpaired) electrons. The molecule has 0 unspecified atom stereocenters. The van der Waals surface area contributed by atoms with Gasteiger partial charge in [-0.2, -0.15) is 0 Å². The van der Waals surface area contributed by atoms with Gasteiger partial charge in [-0.15, -0.1) is 0 Å². The number of anilines is 1. The van der Waals surface area contributed by atoms with Crippen molar-refractivity contribution in [1.29, 1.82) is 0 Å². The van der Waals surface area contributed by atoms with E-state index in [1.165, 1.54) is 14.2 Å². The molecule has 17 heavy (non-hydrogen) atoms. The summed E-state index contributed by atoms with van der Waals surface area (Å²) in [5.41, 5.74) is 0.487. The SMILES string of the molecule is CNc1ncccc1C(=O)NCC(OC)OC. The van der Waals surface area contributed by atoms with Gasteiger partial charge in [0.2, 0.25) is 0 Å². The highest BCUT2D eigenvalue weighted by atomic mass is 16.7. The zero-order valence-corrected chi connectivity index (χ0v) is 10.2. The lowest BCUT2D eigenvalue weighted by molar-refractivity contribution is -0.0974. The molecule has 0 saturated heterocycles. The average Bonchev–Trinajstić information content (AvgIpc) is 2.39. The van der Waals surface area contributed by atoms with Crippen molar-refractivity contribution in [2.45, 2.75) is 6.29 Å². The maximum absolute atomic E-state index is 11.9. The first-order chi connectivity index (χ1) is 8.22. The van der Waals surface area contributed by atoms with Crippen molar-refractivity contribution in [2.75, 3.05) is 33.1 Å². The van der Waals surface area contributed by atoms with Crippen LogP contribution < -0.4 is 10.6 Å². The number of amides is 1. The summed E-state index contributed by atoms with van der Waals surface area (Å²) in [4.78, 5) is 15.9. The van der Waals surface area contributed by atoms with Crippen LogP contribution in [0, 0.1) is 0 Å². The Hall–Kier alpha value is -1.66. The number of methoxy groups -OCH3 is 2. The molecule has 1 rings (SSSR count). The molecule has 0 aromatic carbocycles. The monoisotopic (exact) mass is 239 g/mol. The van der Waals surface area contributed by atoms with Gasteiger partial charge in [0.25, 0.3) is 5.91 Å². The maximum atomic E-state index is 11.9. The van der Waals surface area contributed by atoms with Gasteiger partial charge in [-0.05, 0) is 12.1 Å². The Bertz CT molecular complexity index is 367. The highest BCUT2D eigenvalue weighted by Gasteiger charge is 2.13. The predicted octanol–water partition coefficient (Wildman–Crippen LogP) is 0.472. The van der Waals surface area contributed by atoms with Crippen LogP contribution in [0.15, 0.2) is 18.3 Å². The zero-order chi connectivity index (χ0) is 12.7. The van der Waals surface area contributed by atoms with E-state index in [1.807, 2.05) is 0 Å². The Morgan fingerprint density at radius 3 is 2.76 bits per heavy atom. The summed E-state index contributed by atoms with van der Waals surface area (Å²) in [6.45, 7) is 0.282. The lowest BCUT2D eigenvalue weighted by Crippen LogP contribution is -2.34. The van der Waals surface area contributed by atoms with Crippen LogP contribution >= 0.6 is 0 Å². The summed E-state index contributed by atoms with van der Waals surface area (Å²) in [6, 6.07) is 3.41. The number of nitrogens with one attached hydrogen (secondary N) is 2. The van der Waals surface area contributed by atoms with E-state index in [2.05, 4.69) is 15.6 Å². The first-order valence-electron chi connectivity index (χ1n) is 5.19. The highest BCUT2D eigenvalue weighted by molar-refractivity contribution is 5.98. The highest BCUT2D eigenvalue weighted by Crippen LogP contribution is 2.09. The largest absolute Gasteiger partial charge is 0.372 e. The maximum Gasteiger partial charge on any atom is 0.255 e. The van der Waals surface area contributed by atoms with Gasteiger partial charge in [-0.25, -0.2) is 4.98 Å². The Morgan fingerprint density at radius 2 is 2.18 bits per heavy atom. The van der Waals surface area contributed by atoms with Crippen LogP contribution in [-0.4, -0.2) is 45.0 Å². The van der Waals surface area contributed by atoms with Crippen molar-refractivity contribution in [3.63, 3.8) is 0 Å². The van der Waals surface area contributed by atoms with Crippen molar-refractivity contribution in [3.05, 3.63) is 23.9 Å². The number of ether oxygens (including phenoxy) is 2. The molecule has 6 nitrogen and oxygen atoms in total. The summed E-state index contributed by atoms with van der Waals surface area (Å²) in [7, 11) is 4.75. The summed E-state index contributed by atoms with van der Waals surface area (Å²) < 4.78 is 9.95. The zero-order valence-electron chi connectivity index (χ0n) is 10.2. The fraction of sp³-hybridized carbons (Fsp3) is 0.455. The van der Waals surface area contributed by atoms with E-state index in [-0.39, 0.29) is 12.5 Å². The molecule has 1 aromatic heterocycles. The summed E-state index contributed by atoms with van der Waals surface area (Å²) >= 11 is 0. The molecular formula is C11H17N3O3. The summed E-state index contributed by atoms with van der Waals surface area (Å²) in [6.07, 6.45) is 1.17. The number of rotatable bonds is 6. The number of pyridine rings is 1. The van der Waals surface area contributed by atoms with E-state index < -0.39 is 6.29 Å². The lowest BCUT2D eigenvalue weighted by atomic mass is 10.2. The lowest BCUT2D eigenvalue weighted by Gasteiger charge is -2.14. The molecule has 0 aliphatic carbocycles. The van der Waals surface area contributed by atoms with Gasteiger partial charge < -0.3 is 20.1 Å². The molecule has 0 spiro atoms. The molecule has 6 heteroatoms. The fourth-order valence-corrected chi connectivity index (χ4v) is 1.32. The molecule has 0 atom stereocenters. The molecule has 0 saturated carbocycles. The van der Waals surface area contributed by atoms with E-state index in [9.17, 15) is 4.79 Å². The second-order valence-corrected chi connectivity index (χ2v) is 3.26. The second kappa shape index (κ2) is 6.82. The minimum atomic E-state index is -0.450. The van der Waals surface area contributed by atoms with Crippen molar-refractivity contribution in [1.82, 2.24) is 10.3 Å². The molecule has 1 heterocycles. The van der Waals surface area contributed by atoms with Crippen molar-refractivity contribution in [3.8, 4) is 0 Å². The number of nitrogens with zero attached hydrogens (tertiary/aromatic N) is 1. The number of aromatic nitrogens is 1. The third kappa shape index (κ3) is 3.69. The van der Waals surface area contributed by atoms with Crippen LogP contribution in [0.4, 0.5) is 5.82 Å². The molecule has 0 bridgehead atoms. The molecule has 1 aromatic rings. The summed E-state index contributed by atoms with van der Waals surface area (Å²) in [5, 5.41) is 5.56. The van der Waals surface area contributed by atoms with E-state index in [0.29, 0.717) is 11.4 Å². The van der Waals surface area contributed by atoms with E-state index in [1.54, 1.807) is 25.4 Å². The first-order valence-corrected chi connectivity index (χ1v) is 5.19. The molecule has 0 aliphatic heterocycles. The van der Waals surface area contributed by atoms with Crippen molar-refractivity contribution in [2.24, 2.45) is 0 Å². The second-order valence-electron chi connectivity index (χ2n) is 3.26. The van der Waals surface area contributed by atoms with Gasteiger partial charge in [0.15, 0.2) is 6.29 Å². The average molecular weight is 239 g/mol. The van der Waals surface area contributed by atoms with E-state index in [0.717, 1.165) is 0 Å². The molecule has 0 aliphatic rings. The van der Waals surface area contributed by atoms with Gasteiger partial charge in [-0.1, -0.05) is 0 Å². The van der Waals surface area contributed by atoms with Gasteiger partial charge in [0, 0.05) is 27.5 Å². The molecular weight excluding hydrogens is 222 g/mol. The van der Waals surface area contributed by atoms with E-state index >= 15 is 0 Å². The van der Waals surface area contributed by atoms with Crippen molar-refractivity contribution < 1.29 is 14.3 Å². The smallest absolute Gasteiger partial charge is 0.255 e. The van der Waals surface area contributed by atoms with Crippen LogP contribution in [0.3, 0.4) is 0 Å². The quantitative estimate of drug-likeness (QED) is 0.706. The van der Waals surface area contributed by atoms with Gasteiger partial charge in [0.1, 0.15) is 5.82 Å². The Morgan fingerprint density at radius 1 is 1.47 bits per heavy atom. The third-order valence-electron chi connectivity index (χ3n) is 2.24. The van der Waals surface area contributed by atoms with E-state index in [4.69, 9.17) is 9.47 Å². The number of carbonyl (C=O) groups is 1. The Kier molecular flexibility index (Phi) is 5.38. The third-order valence-corrected chi connectivity index (χ3v) is 2.24. The van der Waals surface area contributed by atoms with Crippen LogP contribution in [0.5, 0.6) is 0 Å². The summed E-state index contributed by atoms with van der Waals surface area (Å²) in [5.74, 6) is 0.318.